The van der Waals surface area contributed by atoms with E-state index in [-0.39, 0.29) is 5.91 Å². The van der Waals surface area contributed by atoms with E-state index < -0.39 is 0 Å². The number of nitrogens with one attached hydrogen (secondary N) is 1. The summed E-state index contributed by atoms with van der Waals surface area (Å²) in [5.74, 6) is 1.63. The number of hydrogen-bond donors (Lipinski definition) is 2. The molecule has 5 nitrogen and oxygen atoms in total. The van der Waals surface area contributed by atoms with Crippen molar-refractivity contribution in [1.82, 2.24) is 10.3 Å². The first-order chi connectivity index (χ1) is 9.06. The minimum atomic E-state index is -0.0903. The molecule has 6 heteroatoms. The highest BCUT2D eigenvalue weighted by atomic mass is 32.1. The molecule has 1 heterocycles. The summed E-state index contributed by atoms with van der Waals surface area (Å²) < 4.78 is 0. The number of amides is 1. The van der Waals surface area contributed by atoms with Crippen LogP contribution in [0.2, 0.25) is 0 Å². The summed E-state index contributed by atoms with van der Waals surface area (Å²) in [6.45, 7) is 8.81. The SMILES string of the molecule is CCN(CC)c1nc(N)c(C(=O)NCC2CC2C)s1. The van der Waals surface area contributed by atoms with E-state index in [1.54, 1.807) is 0 Å². The van der Waals surface area contributed by atoms with Crippen molar-refractivity contribution in [2.75, 3.05) is 30.3 Å². The summed E-state index contributed by atoms with van der Waals surface area (Å²) in [4.78, 5) is 19.0. The van der Waals surface area contributed by atoms with Gasteiger partial charge in [0, 0.05) is 19.6 Å². The summed E-state index contributed by atoms with van der Waals surface area (Å²) in [5.41, 5.74) is 5.85. The monoisotopic (exact) mass is 282 g/mol. The second-order valence-electron chi connectivity index (χ2n) is 5.07. The van der Waals surface area contributed by atoms with Crippen molar-refractivity contribution in [3.8, 4) is 0 Å². The van der Waals surface area contributed by atoms with Gasteiger partial charge >= 0.3 is 0 Å². The first-order valence-electron chi connectivity index (χ1n) is 6.86. The molecule has 1 aromatic heterocycles. The maximum atomic E-state index is 12.1. The number of thiazole rings is 1. The van der Waals surface area contributed by atoms with Gasteiger partial charge in [0.15, 0.2) is 5.13 Å². The molecule has 0 radical (unpaired) electrons. The van der Waals surface area contributed by atoms with E-state index in [9.17, 15) is 4.79 Å². The van der Waals surface area contributed by atoms with E-state index in [4.69, 9.17) is 5.73 Å². The second-order valence-corrected chi connectivity index (χ2v) is 6.04. The van der Waals surface area contributed by atoms with E-state index in [1.165, 1.54) is 17.8 Å². The zero-order valence-electron chi connectivity index (χ0n) is 11.8. The Bertz CT molecular complexity index is 455. The second kappa shape index (κ2) is 5.77. The van der Waals surface area contributed by atoms with Gasteiger partial charge in [-0.2, -0.15) is 0 Å². The van der Waals surface area contributed by atoms with Crippen LogP contribution in [0.5, 0.6) is 0 Å². The molecule has 1 aliphatic carbocycles. The Labute approximate surface area is 118 Å². The van der Waals surface area contributed by atoms with Crippen molar-refractivity contribution in [1.29, 1.82) is 0 Å². The van der Waals surface area contributed by atoms with E-state index >= 15 is 0 Å². The van der Waals surface area contributed by atoms with Gasteiger partial charge in [-0.25, -0.2) is 4.98 Å². The van der Waals surface area contributed by atoms with Crippen LogP contribution in [-0.2, 0) is 0 Å². The van der Waals surface area contributed by atoms with Crippen molar-refractivity contribution in [3.63, 3.8) is 0 Å². The molecule has 0 saturated heterocycles. The summed E-state index contributed by atoms with van der Waals surface area (Å²) in [7, 11) is 0. The van der Waals surface area contributed by atoms with Gasteiger partial charge in [-0.05, 0) is 32.1 Å². The number of nitrogen functional groups attached to an aromatic ring is 1. The lowest BCUT2D eigenvalue weighted by Gasteiger charge is -2.16. The fourth-order valence-electron chi connectivity index (χ4n) is 2.10. The Morgan fingerprint density at radius 3 is 2.68 bits per heavy atom. The van der Waals surface area contributed by atoms with Crippen LogP contribution in [0.1, 0.15) is 36.9 Å². The molecule has 2 atom stereocenters. The number of aromatic nitrogens is 1. The van der Waals surface area contributed by atoms with Gasteiger partial charge in [0.25, 0.3) is 5.91 Å². The van der Waals surface area contributed by atoms with Gasteiger partial charge in [0.05, 0.1) is 0 Å². The lowest BCUT2D eigenvalue weighted by molar-refractivity contribution is 0.0956. The minimum absolute atomic E-state index is 0.0903. The third kappa shape index (κ3) is 3.18. The quantitative estimate of drug-likeness (QED) is 0.836. The highest BCUT2D eigenvalue weighted by Crippen LogP contribution is 2.37. The smallest absolute Gasteiger partial charge is 0.265 e. The Hall–Kier alpha value is -1.30. The molecule has 0 bridgehead atoms. The number of hydrogen-bond acceptors (Lipinski definition) is 5. The molecule has 1 aliphatic rings. The van der Waals surface area contributed by atoms with Crippen molar-refractivity contribution in [3.05, 3.63) is 4.88 Å². The molecule has 1 amide bonds. The summed E-state index contributed by atoms with van der Waals surface area (Å²) in [6.07, 6.45) is 1.21. The first kappa shape index (κ1) is 14.1. The first-order valence-corrected chi connectivity index (χ1v) is 7.67. The lowest BCUT2D eigenvalue weighted by Crippen LogP contribution is -2.25. The van der Waals surface area contributed by atoms with E-state index in [0.29, 0.717) is 16.6 Å². The van der Waals surface area contributed by atoms with Crippen LogP contribution in [0.4, 0.5) is 10.9 Å². The zero-order chi connectivity index (χ0) is 14.0. The third-order valence-electron chi connectivity index (χ3n) is 3.68. The third-order valence-corrected chi connectivity index (χ3v) is 4.81. The number of anilines is 2. The Kier molecular flexibility index (Phi) is 4.29. The van der Waals surface area contributed by atoms with Crippen molar-refractivity contribution >= 4 is 28.2 Å². The van der Waals surface area contributed by atoms with Crippen LogP contribution < -0.4 is 16.0 Å². The number of carbonyl (C=O) groups excluding carboxylic acids is 1. The standard InChI is InChI=1S/C13H22N4OS/c1-4-17(5-2)13-16-11(14)10(19-13)12(18)15-7-9-6-8(9)3/h8-9H,4-7,14H2,1-3H3,(H,15,18). The van der Waals surface area contributed by atoms with E-state index in [1.807, 2.05) is 0 Å². The van der Waals surface area contributed by atoms with Gasteiger partial charge in [-0.1, -0.05) is 18.3 Å². The highest BCUT2D eigenvalue weighted by molar-refractivity contribution is 7.18. The fraction of sp³-hybridized carbons (Fsp3) is 0.692. The average molecular weight is 282 g/mol. The molecule has 2 rings (SSSR count). The van der Waals surface area contributed by atoms with Gasteiger partial charge in [-0.3, -0.25) is 4.79 Å². The minimum Gasteiger partial charge on any atom is -0.382 e. The largest absolute Gasteiger partial charge is 0.382 e. The molecule has 3 N–H and O–H groups in total. The summed E-state index contributed by atoms with van der Waals surface area (Å²) >= 11 is 1.38. The van der Waals surface area contributed by atoms with Gasteiger partial charge < -0.3 is 16.0 Å². The molecule has 0 aliphatic heterocycles. The molecule has 1 fully saturated rings. The normalized spacial score (nSPS) is 21.2. The zero-order valence-corrected chi connectivity index (χ0v) is 12.6. The maximum Gasteiger partial charge on any atom is 0.265 e. The predicted molar refractivity (Wildman–Crippen MR) is 79.7 cm³/mol. The van der Waals surface area contributed by atoms with Crippen LogP contribution >= 0.6 is 11.3 Å². The topological polar surface area (TPSA) is 71.2 Å². The highest BCUT2D eigenvalue weighted by Gasteiger charge is 2.32. The van der Waals surface area contributed by atoms with Crippen molar-refractivity contribution in [2.45, 2.75) is 27.2 Å². The van der Waals surface area contributed by atoms with Crippen molar-refractivity contribution in [2.24, 2.45) is 11.8 Å². The van der Waals surface area contributed by atoms with Gasteiger partial charge in [0.1, 0.15) is 10.7 Å². The number of nitrogens with zero attached hydrogens (tertiary/aromatic N) is 2. The predicted octanol–water partition coefficient (Wildman–Crippen LogP) is 1.96. The number of rotatable bonds is 6. The molecule has 106 valence electrons. The molecular formula is C13H22N4OS. The Morgan fingerprint density at radius 1 is 1.53 bits per heavy atom. The molecule has 1 saturated carbocycles. The molecule has 19 heavy (non-hydrogen) atoms. The van der Waals surface area contributed by atoms with Crippen molar-refractivity contribution < 1.29 is 4.79 Å². The van der Waals surface area contributed by atoms with Gasteiger partial charge in [0.2, 0.25) is 0 Å². The summed E-state index contributed by atoms with van der Waals surface area (Å²) in [6, 6.07) is 0. The van der Waals surface area contributed by atoms with Crippen LogP contribution in [0.3, 0.4) is 0 Å². The maximum absolute atomic E-state index is 12.1. The van der Waals surface area contributed by atoms with E-state index in [0.717, 1.165) is 30.7 Å². The summed E-state index contributed by atoms with van der Waals surface area (Å²) in [5, 5.41) is 3.78. The Balaban J connectivity index is 2.00. The molecule has 0 spiro atoms. The average Bonchev–Trinajstić information content (AvgIpc) is 2.96. The van der Waals surface area contributed by atoms with Crippen LogP contribution in [0, 0.1) is 11.8 Å². The molecule has 0 aromatic carbocycles. The Morgan fingerprint density at radius 2 is 2.16 bits per heavy atom. The molecular weight excluding hydrogens is 260 g/mol. The number of nitrogens with two attached hydrogens (primary N) is 1. The van der Waals surface area contributed by atoms with Gasteiger partial charge in [-0.15, -0.1) is 0 Å². The van der Waals surface area contributed by atoms with E-state index in [2.05, 4.69) is 36.0 Å². The fourth-order valence-corrected chi connectivity index (χ4v) is 3.13. The van der Waals surface area contributed by atoms with Crippen LogP contribution in [0.15, 0.2) is 0 Å². The van der Waals surface area contributed by atoms with Crippen LogP contribution in [0.25, 0.3) is 0 Å². The molecule has 1 aromatic rings. The lowest BCUT2D eigenvalue weighted by atomic mass is 10.3. The molecule has 2 unspecified atom stereocenters. The van der Waals surface area contributed by atoms with Crippen LogP contribution in [-0.4, -0.2) is 30.5 Å². The number of carbonyl (C=O) groups is 1.